The van der Waals surface area contributed by atoms with E-state index in [2.05, 4.69) is 18.8 Å². The van der Waals surface area contributed by atoms with E-state index in [1.165, 1.54) is 24.2 Å². The number of aromatic nitrogens is 1. The van der Waals surface area contributed by atoms with Crippen LogP contribution in [0, 0.1) is 12.8 Å². The minimum absolute atomic E-state index is 0.113. The Morgan fingerprint density at radius 1 is 1.60 bits per heavy atom. The number of amides is 1. The molecule has 1 aliphatic heterocycles. The molecular formula is C15H24N2O2S. The second-order valence-electron chi connectivity index (χ2n) is 5.84. The van der Waals surface area contributed by atoms with Gasteiger partial charge in [0.25, 0.3) is 5.91 Å². The van der Waals surface area contributed by atoms with E-state index in [4.69, 9.17) is 4.74 Å². The van der Waals surface area contributed by atoms with E-state index in [1.54, 1.807) is 5.51 Å². The van der Waals surface area contributed by atoms with Crippen LogP contribution < -0.4 is 0 Å². The molecule has 1 amide bonds. The minimum Gasteiger partial charge on any atom is -0.375 e. The number of nitrogens with zero attached hydrogens (tertiary/aromatic N) is 2. The Hall–Kier alpha value is -0.940. The van der Waals surface area contributed by atoms with Crippen LogP contribution in [0.3, 0.4) is 0 Å². The summed E-state index contributed by atoms with van der Waals surface area (Å²) in [6, 6.07) is 0. The summed E-state index contributed by atoms with van der Waals surface area (Å²) in [5.41, 5.74) is 2.58. The minimum atomic E-state index is 0.113. The molecule has 1 aromatic heterocycles. The van der Waals surface area contributed by atoms with E-state index in [1.807, 2.05) is 11.8 Å². The van der Waals surface area contributed by atoms with E-state index in [-0.39, 0.29) is 12.0 Å². The Balaban J connectivity index is 1.87. The number of thiazole rings is 1. The molecule has 0 aliphatic carbocycles. The lowest BCUT2D eigenvalue weighted by molar-refractivity contribution is -0.0258. The van der Waals surface area contributed by atoms with Gasteiger partial charge in [-0.2, -0.15) is 0 Å². The fraction of sp³-hybridized carbons (Fsp3) is 0.733. The molecule has 1 saturated heterocycles. The van der Waals surface area contributed by atoms with Crippen LogP contribution in [0.5, 0.6) is 0 Å². The van der Waals surface area contributed by atoms with Crippen LogP contribution in [0.2, 0.25) is 0 Å². The number of hydrogen-bond donors (Lipinski definition) is 0. The molecule has 4 nitrogen and oxygen atoms in total. The SMILES string of the molecule is Cc1ncsc1C(=O)N1CCO[C@@H](CCCC(C)C)C1. The first-order valence-electron chi connectivity index (χ1n) is 7.39. The number of carbonyl (C=O) groups excluding carboxylic acids is 1. The summed E-state index contributed by atoms with van der Waals surface area (Å²) in [5, 5.41) is 0. The topological polar surface area (TPSA) is 42.4 Å². The molecule has 0 aromatic carbocycles. The van der Waals surface area contributed by atoms with Crippen molar-refractivity contribution in [2.75, 3.05) is 19.7 Å². The van der Waals surface area contributed by atoms with Crippen molar-refractivity contribution in [1.82, 2.24) is 9.88 Å². The van der Waals surface area contributed by atoms with Gasteiger partial charge in [0.15, 0.2) is 0 Å². The molecule has 2 rings (SSSR count). The second-order valence-corrected chi connectivity index (χ2v) is 6.69. The van der Waals surface area contributed by atoms with Gasteiger partial charge in [0.05, 0.1) is 23.9 Å². The normalized spacial score (nSPS) is 19.6. The molecule has 1 atom stereocenters. The van der Waals surface area contributed by atoms with Gasteiger partial charge in [0.1, 0.15) is 4.88 Å². The van der Waals surface area contributed by atoms with Crippen molar-refractivity contribution in [2.24, 2.45) is 5.92 Å². The van der Waals surface area contributed by atoms with Crippen molar-refractivity contribution < 1.29 is 9.53 Å². The Kier molecular flexibility index (Phi) is 5.54. The molecule has 0 saturated carbocycles. The summed E-state index contributed by atoms with van der Waals surface area (Å²) in [6.45, 7) is 8.43. The van der Waals surface area contributed by atoms with Gasteiger partial charge < -0.3 is 9.64 Å². The van der Waals surface area contributed by atoms with Crippen molar-refractivity contribution in [2.45, 2.75) is 46.1 Å². The third kappa shape index (κ3) is 4.03. The fourth-order valence-electron chi connectivity index (χ4n) is 2.48. The standard InChI is InChI=1S/C15H24N2O2S/c1-11(2)5-4-6-13-9-17(7-8-19-13)15(18)14-12(3)16-10-20-14/h10-11,13H,4-9H2,1-3H3/t13-/m0/s1. The average Bonchev–Trinajstić information content (AvgIpc) is 2.84. The Morgan fingerprint density at radius 2 is 2.40 bits per heavy atom. The molecule has 2 heterocycles. The molecule has 5 heteroatoms. The molecule has 0 bridgehead atoms. The maximum atomic E-state index is 12.5. The first kappa shape index (κ1) is 15.4. The zero-order valence-electron chi connectivity index (χ0n) is 12.6. The van der Waals surface area contributed by atoms with Gasteiger partial charge in [-0.15, -0.1) is 11.3 Å². The average molecular weight is 296 g/mol. The van der Waals surface area contributed by atoms with Crippen LogP contribution in [-0.2, 0) is 4.74 Å². The van der Waals surface area contributed by atoms with E-state index < -0.39 is 0 Å². The van der Waals surface area contributed by atoms with Crippen molar-refractivity contribution in [3.8, 4) is 0 Å². The molecule has 1 aromatic rings. The van der Waals surface area contributed by atoms with Crippen molar-refractivity contribution in [3.63, 3.8) is 0 Å². The van der Waals surface area contributed by atoms with E-state index in [0.29, 0.717) is 19.7 Å². The maximum absolute atomic E-state index is 12.5. The smallest absolute Gasteiger partial charge is 0.266 e. The molecule has 0 radical (unpaired) electrons. The van der Waals surface area contributed by atoms with Gasteiger partial charge in [-0.1, -0.05) is 26.7 Å². The van der Waals surface area contributed by atoms with Gasteiger partial charge in [-0.25, -0.2) is 4.98 Å². The van der Waals surface area contributed by atoms with Crippen molar-refractivity contribution >= 4 is 17.2 Å². The van der Waals surface area contributed by atoms with E-state index >= 15 is 0 Å². The van der Waals surface area contributed by atoms with E-state index in [0.717, 1.165) is 22.9 Å². The maximum Gasteiger partial charge on any atom is 0.266 e. The number of aryl methyl sites for hydroxylation is 1. The summed E-state index contributed by atoms with van der Waals surface area (Å²) in [7, 11) is 0. The predicted molar refractivity (Wildman–Crippen MR) is 81.2 cm³/mol. The Labute approximate surface area is 125 Å². The van der Waals surface area contributed by atoms with Crippen LogP contribution in [0.25, 0.3) is 0 Å². The zero-order valence-corrected chi connectivity index (χ0v) is 13.4. The third-order valence-corrected chi connectivity index (χ3v) is 4.59. The molecule has 20 heavy (non-hydrogen) atoms. The summed E-state index contributed by atoms with van der Waals surface area (Å²) in [5.74, 6) is 0.846. The van der Waals surface area contributed by atoms with Crippen LogP contribution in [0.1, 0.15) is 48.5 Å². The van der Waals surface area contributed by atoms with Gasteiger partial charge in [0, 0.05) is 13.1 Å². The summed E-state index contributed by atoms with van der Waals surface area (Å²) in [4.78, 5) is 19.3. The second kappa shape index (κ2) is 7.18. The van der Waals surface area contributed by atoms with Crippen LogP contribution >= 0.6 is 11.3 Å². The molecule has 1 fully saturated rings. The quantitative estimate of drug-likeness (QED) is 0.838. The molecular weight excluding hydrogens is 272 g/mol. The van der Waals surface area contributed by atoms with Crippen molar-refractivity contribution in [3.05, 3.63) is 16.1 Å². The van der Waals surface area contributed by atoms with Crippen molar-refractivity contribution in [1.29, 1.82) is 0 Å². The summed E-state index contributed by atoms with van der Waals surface area (Å²) < 4.78 is 5.78. The van der Waals surface area contributed by atoms with Gasteiger partial charge in [0.2, 0.25) is 0 Å². The highest BCUT2D eigenvalue weighted by atomic mass is 32.1. The lowest BCUT2D eigenvalue weighted by Crippen LogP contribution is -2.45. The van der Waals surface area contributed by atoms with Gasteiger partial charge in [-0.3, -0.25) is 4.79 Å². The first-order valence-corrected chi connectivity index (χ1v) is 8.27. The number of ether oxygens (including phenoxy) is 1. The molecule has 112 valence electrons. The lowest BCUT2D eigenvalue weighted by atomic mass is 10.0. The highest BCUT2D eigenvalue weighted by Crippen LogP contribution is 2.19. The van der Waals surface area contributed by atoms with Crippen LogP contribution in [-0.4, -0.2) is 41.6 Å². The summed E-state index contributed by atoms with van der Waals surface area (Å²) in [6.07, 6.45) is 3.63. The largest absolute Gasteiger partial charge is 0.375 e. The Bertz CT molecular complexity index is 445. The van der Waals surface area contributed by atoms with E-state index in [9.17, 15) is 4.79 Å². The summed E-state index contributed by atoms with van der Waals surface area (Å²) >= 11 is 1.43. The van der Waals surface area contributed by atoms with Crippen LogP contribution in [0.15, 0.2) is 5.51 Å². The molecule has 0 spiro atoms. The molecule has 0 unspecified atom stereocenters. The number of hydrogen-bond acceptors (Lipinski definition) is 4. The number of carbonyl (C=O) groups is 1. The highest BCUT2D eigenvalue weighted by molar-refractivity contribution is 7.11. The molecule has 1 aliphatic rings. The first-order chi connectivity index (χ1) is 9.58. The Morgan fingerprint density at radius 3 is 3.05 bits per heavy atom. The number of rotatable bonds is 5. The lowest BCUT2D eigenvalue weighted by Gasteiger charge is -2.33. The monoisotopic (exact) mass is 296 g/mol. The van der Waals surface area contributed by atoms with Gasteiger partial charge in [-0.05, 0) is 19.3 Å². The predicted octanol–water partition coefficient (Wildman–Crippen LogP) is 3.12. The third-order valence-electron chi connectivity index (χ3n) is 3.67. The van der Waals surface area contributed by atoms with Gasteiger partial charge >= 0.3 is 0 Å². The molecule has 0 N–H and O–H groups in total. The van der Waals surface area contributed by atoms with Crippen LogP contribution in [0.4, 0.5) is 0 Å². The number of morpholine rings is 1. The fourth-order valence-corrected chi connectivity index (χ4v) is 3.25. The highest BCUT2D eigenvalue weighted by Gasteiger charge is 2.26. The zero-order chi connectivity index (χ0) is 14.5.